The van der Waals surface area contributed by atoms with E-state index in [1.54, 1.807) is 0 Å². The third kappa shape index (κ3) is 5.20. The molecule has 2 aliphatic rings. The van der Waals surface area contributed by atoms with Crippen molar-refractivity contribution in [1.29, 1.82) is 0 Å². The van der Waals surface area contributed by atoms with E-state index in [0.717, 1.165) is 46.1 Å². The number of aliphatic carboxylic acids is 1. The fourth-order valence-corrected chi connectivity index (χ4v) is 3.87. The molecule has 0 saturated carbocycles. The van der Waals surface area contributed by atoms with E-state index in [0.29, 0.717) is 26.3 Å². The average Bonchev–Trinajstić information content (AvgIpc) is 2.70. The summed E-state index contributed by atoms with van der Waals surface area (Å²) in [5.74, 6) is 1.53. The topological polar surface area (TPSA) is 68.2 Å². The minimum atomic E-state index is -0.710. The third-order valence-corrected chi connectivity index (χ3v) is 5.50. The third-order valence-electron chi connectivity index (χ3n) is 5.50. The minimum Gasteiger partial charge on any atom is -0.491 e. The highest BCUT2D eigenvalue weighted by molar-refractivity contribution is 5.71. The second kappa shape index (κ2) is 9.02. The highest BCUT2D eigenvalue weighted by Crippen LogP contribution is 2.32. The van der Waals surface area contributed by atoms with E-state index >= 15 is 0 Å². The van der Waals surface area contributed by atoms with Gasteiger partial charge in [-0.25, -0.2) is 0 Å². The van der Waals surface area contributed by atoms with Gasteiger partial charge in [-0.2, -0.15) is 0 Å². The molecular weight excluding hydrogens is 394 g/mol. The second-order valence-electron chi connectivity index (χ2n) is 8.58. The number of ether oxygens (including phenoxy) is 3. The molecule has 164 valence electrons. The first-order chi connectivity index (χ1) is 14.9. The predicted molar refractivity (Wildman–Crippen MR) is 119 cm³/mol. The molecule has 1 fully saturated rings. The van der Waals surface area contributed by atoms with Crippen LogP contribution in [0.3, 0.4) is 0 Å². The number of nitrogens with zero attached hydrogens (tertiary/aromatic N) is 1. The molecule has 0 bridgehead atoms. The van der Waals surface area contributed by atoms with E-state index in [4.69, 9.17) is 19.3 Å². The largest absolute Gasteiger partial charge is 0.491 e. The first-order valence-corrected chi connectivity index (χ1v) is 10.7. The van der Waals surface area contributed by atoms with Crippen LogP contribution in [-0.2, 0) is 11.4 Å². The lowest BCUT2D eigenvalue weighted by atomic mass is 9.98. The molecule has 4 rings (SSSR count). The van der Waals surface area contributed by atoms with Crippen molar-refractivity contribution in [2.24, 2.45) is 5.92 Å². The molecule has 0 aliphatic carbocycles. The molecule has 6 heteroatoms. The number of carbonyl (C=O) groups is 1. The van der Waals surface area contributed by atoms with E-state index < -0.39 is 5.97 Å². The average molecular weight is 424 g/mol. The van der Waals surface area contributed by atoms with Gasteiger partial charge in [-0.15, -0.1) is 0 Å². The van der Waals surface area contributed by atoms with Gasteiger partial charge < -0.3 is 19.3 Å². The van der Waals surface area contributed by atoms with Crippen molar-refractivity contribution in [1.82, 2.24) is 4.90 Å². The molecular formula is C25H29NO5. The number of fused-ring (bicyclic) bond motifs is 1. The van der Waals surface area contributed by atoms with E-state index in [-0.39, 0.29) is 12.0 Å². The Hall–Kier alpha value is -2.99. The van der Waals surface area contributed by atoms with Crippen LogP contribution in [0.2, 0.25) is 0 Å². The van der Waals surface area contributed by atoms with Gasteiger partial charge in [-0.05, 0) is 67.8 Å². The van der Waals surface area contributed by atoms with Crippen molar-refractivity contribution in [2.75, 3.05) is 26.2 Å². The molecule has 2 heterocycles. The molecule has 0 radical (unpaired) electrons. The van der Waals surface area contributed by atoms with Crippen LogP contribution in [0.15, 0.2) is 42.0 Å². The van der Waals surface area contributed by atoms with Crippen molar-refractivity contribution in [3.8, 4) is 17.2 Å². The Kier molecular flexibility index (Phi) is 6.18. The smallest absolute Gasteiger partial charge is 0.309 e. The summed E-state index contributed by atoms with van der Waals surface area (Å²) in [5, 5.41) is 9.00. The van der Waals surface area contributed by atoms with Gasteiger partial charge in [0, 0.05) is 31.3 Å². The summed E-state index contributed by atoms with van der Waals surface area (Å²) >= 11 is 0. The van der Waals surface area contributed by atoms with Gasteiger partial charge in [0.25, 0.3) is 0 Å². The Morgan fingerprint density at radius 3 is 2.74 bits per heavy atom. The second-order valence-corrected chi connectivity index (χ2v) is 8.58. The molecule has 2 aromatic carbocycles. The Morgan fingerprint density at radius 2 is 2.03 bits per heavy atom. The number of carboxylic acid groups (broad SMARTS) is 1. The Labute approximate surface area is 183 Å². The van der Waals surface area contributed by atoms with Crippen LogP contribution >= 0.6 is 0 Å². The highest BCUT2D eigenvalue weighted by atomic mass is 16.5. The molecule has 0 atom stereocenters. The molecule has 0 amide bonds. The van der Waals surface area contributed by atoms with Gasteiger partial charge in [-0.3, -0.25) is 9.69 Å². The number of aryl methyl sites for hydroxylation is 1. The van der Waals surface area contributed by atoms with Crippen LogP contribution in [-0.4, -0.2) is 48.3 Å². The molecule has 0 aromatic heterocycles. The first kappa shape index (κ1) is 21.2. The molecule has 6 nitrogen and oxygen atoms in total. The van der Waals surface area contributed by atoms with Gasteiger partial charge in [-0.1, -0.05) is 6.07 Å². The SMILES string of the molecule is Cc1cc(COc2ccc3c(c2)OCC(CN2CC(C(=O)O)C2)=C3)ccc1OC(C)C. The van der Waals surface area contributed by atoms with Gasteiger partial charge >= 0.3 is 5.97 Å². The maximum absolute atomic E-state index is 10.9. The molecule has 1 saturated heterocycles. The Morgan fingerprint density at radius 1 is 1.23 bits per heavy atom. The van der Waals surface area contributed by atoms with Gasteiger partial charge in [0.1, 0.15) is 30.5 Å². The van der Waals surface area contributed by atoms with Crippen LogP contribution < -0.4 is 14.2 Å². The van der Waals surface area contributed by atoms with Crippen molar-refractivity contribution >= 4 is 12.0 Å². The summed E-state index contributed by atoms with van der Waals surface area (Å²) in [6.07, 6.45) is 2.28. The summed E-state index contributed by atoms with van der Waals surface area (Å²) in [5.41, 5.74) is 4.36. The lowest BCUT2D eigenvalue weighted by Crippen LogP contribution is -2.51. The van der Waals surface area contributed by atoms with Crippen molar-refractivity contribution < 1.29 is 24.1 Å². The number of likely N-dealkylation sites (tertiary alicyclic amines) is 1. The Bertz CT molecular complexity index is 991. The van der Waals surface area contributed by atoms with E-state index in [1.807, 2.05) is 51.1 Å². The van der Waals surface area contributed by atoms with Crippen LogP contribution in [0.25, 0.3) is 6.08 Å². The Balaban J connectivity index is 1.34. The molecule has 2 aliphatic heterocycles. The normalized spacial score (nSPS) is 16.2. The zero-order valence-electron chi connectivity index (χ0n) is 18.3. The lowest BCUT2D eigenvalue weighted by molar-refractivity contribution is -0.147. The minimum absolute atomic E-state index is 0.151. The first-order valence-electron chi connectivity index (χ1n) is 10.7. The zero-order chi connectivity index (χ0) is 22.0. The van der Waals surface area contributed by atoms with Crippen LogP contribution in [0.4, 0.5) is 0 Å². The van der Waals surface area contributed by atoms with Crippen molar-refractivity contribution in [3.05, 3.63) is 58.7 Å². The van der Waals surface area contributed by atoms with Crippen LogP contribution in [0.5, 0.6) is 17.2 Å². The molecule has 0 spiro atoms. The number of hydrogen-bond acceptors (Lipinski definition) is 5. The quantitative estimate of drug-likeness (QED) is 0.688. The fourth-order valence-electron chi connectivity index (χ4n) is 3.87. The predicted octanol–water partition coefficient (Wildman–Crippen LogP) is 4.15. The summed E-state index contributed by atoms with van der Waals surface area (Å²) < 4.78 is 17.7. The number of benzene rings is 2. The van der Waals surface area contributed by atoms with Crippen molar-refractivity contribution in [3.63, 3.8) is 0 Å². The summed E-state index contributed by atoms with van der Waals surface area (Å²) in [6, 6.07) is 12.0. The number of hydrogen-bond donors (Lipinski definition) is 1. The zero-order valence-corrected chi connectivity index (χ0v) is 18.3. The number of rotatable bonds is 8. The van der Waals surface area contributed by atoms with Gasteiger partial charge in [0.2, 0.25) is 0 Å². The van der Waals surface area contributed by atoms with Crippen molar-refractivity contribution in [2.45, 2.75) is 33.5 Å². The highest BCUT2D eigenvalue weighted by Gasteiger charge is 2.32. The van der Waals surface area contributed by atoms with E-state index in [1.165, 1.54) is 0 Å². The van der Waals surface area contributed by atoms with E-state index in [9.17, 15) is 4.79 Å². The molecule has 31 heavy (non-hydrogen) atoms. The summed E-state index contributed by atoms with van der Waals surface area (Å²) in [7, 11) is 0. The van der Waals surface area contributed by atoms with Crippen LogP contribution in [0, 0.1) is 12.8 Å². The lowest BCUT2D eigenvalue weighted by Gasteiger charge is -2.37. The summed E-state index contributed by atoms with van der Waals surface area (Å²) in [4.78, 5) is 13.1. The number of carboxylic acids is 1. The van der Waals surface area contributed by atoms with E-state index in [2.05, 4.69) is 17.0 Å². The van der Waals surface area contributed by atoms with Gasteiger partial charge in [0.05, 0.1) is 12.0 Å². The molecule has 2 aromatic rings. The van der Waals surface area contributed by atoms with Crippen LogP contribution in [0.1, 0.15) is 30.5 Å². The standard InChI is InChI=1S/C25H29NO5/c1-16(2)31-23-7-4-18(8-17(23)3)14-29-22-6-5-20-9-19(15-30-24(20)10-22)11-26-12-21(13-26)25(27)28/h4-10,16,21H,11-15H2,1-3H3,(H,27,28). The maximum atomic E-state index is 10.9. The van der Waals surface area contributed by atoms with Gasteiger partial charge in [0.15, 0.2) is 0 Å². The summed E-state index contributed by atoms with van der Waals surface area (Å²) in [6.45, 7) is 9.03. The maximum Gasteiger partial charge on any atom is 0.309 e. The molecule has 0 unspecified atom stereocenters. The fraction of sp³-hybridized carbons (Fsp3) is 0.400. The molecule has 1 N–H and O–H groups in total. The monoisotopic (exact) mass is 423 g/mol.